The van der Waals surface area contributed by atoms with Crippen molar-refractivity contribution in [2.45, 2.75) is 33.5 Å². The fourth-order valence-electron chi connectivity index (χ4n) is 2.71. The maximum Gasteiger partial charge on any atom is 0.175 e. The van der Waals surface area contributed by atoms with Gasteiger partial charge in [-0.3, -0.25) is 0 Å². The van der Waals surface area contributed by atoms with E-state index >= 15 is 0 Å². The molecular formula is C22H24BrNO3. The highest BCUT2D eigenvalue weighted by Crippen LogP contribution is 2.37. The van der Waals surface area contributed by atoms with Gasteiger partial charge in [-0.05, 0) is 65.2 Å². The minimum atomic E-state index is 0.495. The van der Waals surface area contributed by atoms with E-state index in [2.05, 4.69) is 58.5 Å². The van der Waals surface area contributed by atoms with Crippen LogP contribution in [0.2, 0.25) is 0 Å². The zero-order valence-electron chi connectivity index (χ0n) is 15.6. The van der Waals surface area contributed by atoms with Gasteiger partial charge in [-0.25, -0.2) is 0 Å². The van der Waals surface area contributed by atoms with E-state index in [1.54, 1.807) is 6.26 Å². The Morgan fingerprint density at radius 1 is 1.00 bits per heavy atom. The quantitative estimate of drug-likeness (QED) is 0.479. The zero-order valence-corrected chi connectivity index (χ0v) is 17.2. The second-order valence-corrected chi connectivity index (χ2v) is 7.15. The highest BCUT2D eigenvalue weighted by molar-refractivity contribution is 9.10. The van der Waals surface area contributed by atoms with Gasteiger partial charge < -0.3 is 19.2 Å². The Hall–Kier alpha value is -2.24. The van der Waals surface area contributed by atoms with Crippen molar-refractivity contribution < 1.29 is 13.9 Å². The summed E-state index contributed by atoms with van der Waals surface area (Å²) in [7, 11) is 0. The molecule has 0 unspecified atom stereocenters. The minimum Gasteiger partial charge on any atom is -0.490 e. The molecule has 2 aromatic carbocycles. The van der Waals surface area contributed by atoms with Crippen LogP contribution in [0, 0.1) is 6.92 Å². The molecule has 0 saturated heterocycles. The van der Waals surface area contributed by atoms with Crippen LogP contribution in [0.25, 0.3) is 0 Å². The maximum atomic E-state index is 6.06. The number of hydrogen-bond donors (Lipinski definition) is 1. The summed E-state index contributed by atoms with van der Waals surface area (Å²) in [6.45, 7) is 6.51. The topological polar surface area (TPSA) is 43.6 Å². The summed E-state index contributed by atoms with van der Waals surface area (Å²) in [5.74, 6) is 2.39. The van der Waals surface area contributed by atoms with Crippen molar-refractivity contribution in [2.24, 2.45) is 0 Å². The Morgan fingerprint density at radius 2 is 1.81 bits per heavy atom. The molecule has 0 fully saturated rings. The van der Waals surface area contributed by atoms with E-state index in [1.165, 1.54) is 5.56 Å². The van der Waals surface area contributed by atoms with Gasteiger partial charge in [-0.2, -0.15) is 0 Å². The molecule has 3 rings (SSSR count). The molecule has 0 aliphatic heterocycles. The summed E-state index contributed by atoms with van der Waals surface area (Å²) >= 11 is 3.63. The first-order valence-electron chi connectivity index (χ1n) is 9.02. The van der Waals surface area contributed by atoms with Crippen molar-refractivity contribution in [1.29, 1.82) is 0 Å². The number of hydrogen-bond acceptors (Lipinski definition) is 4. The molecule has 0 radical (unpaired) electrons. The van der Waals surface area contributed by atoms with Gasteiger partial charge in [0.25, 0.3) is 0 Å². The van der Waals surface area contributed by atoms with Crippen molar-refractivity contribution in [2.75, 3.05) is 6.61 Å². The van der Waals surface area contributed by atoms with Gasteiger partial charge in [-0.1, -0.05) is 29.8 Å². The Labute approximate surface area is 168 Å². The average Bonchev–Trinajstić information content (AvgIpc) is 3.16. The lowest BCUT2D eigenvalue weighted by Gasteiger charge is -2.16. The molecule has 0 spiro atoms. The molecule has 0 saturated carbocycles. The fraction of sp³-hybridized carbons (Fsp3) is 0.273. The van der Waals surface area contributed by atoms with Crippen LogP contribution in [0.5, 0.6) is 11.5 Å². The lowest BCUT2D eigenvalue weighted by molar-refractivity contribution is 0.267. The lowest BCUT2D eigenvalue weighted by Crippen LogP contribution is -2.12. The number of rotatable bonds is 9. The van der Waals surface area contributed by atoms with Crippen molar-refractivity contribution >= 4 is 15.9 Å². The Kier molecular flexibility index (Phi) is 6.96. The smallest absolute Gasteiger partial charge is 0.175 e. The van der Waals surface area contributed by atoms with Crippen LogP contribution in [0.4, 0.5) is 0 Å². The standard InChI is InChI=1S/C22H24BrNO3/c1-3-25-21-12-18(13-24-14-19-5-4-10-26-19)11-20(23)22(21)27-15-17-8-6-16(2)7-9-17/h4-12,24H,3,13-15H2,1-2H3. The monoisotopic (exact) mass is 429 g/mol. The summed E-state index contributed by atoms with van der Waals surface area (Å²) in [4.78, 5) is 0. The maximum absolute atomic E-state index is 6.06. The highest BCUT2D eigenvalue weighted by Gasteiger charge is 2.13. The summed E-state index contributed by atoms with van der Waals surface area (Å²) in [5.41, 5.74) is 3.47. The van der Waals surface area contributed by atoms with Crippen LogP contribution in [-0.2, 0) is 19.7 Å². The number of halogens is 1. The molecular weight excluding hydrogens is 406 g/mol. The van der Waals surface area contributed by atoms with Gasteiger partial charge in [0.05, 0.1) is 23.9 Å². The lowest BCUT2D eigenvalue weighted by atomic mass is 10.1. The number of benzene rings is 2. The molecule has 1 heterocycles. The van der Waals surface area contributed by atoms with E-state index < -0.39 is 0 Å². The molecule has 4 nitrogen and oxygen atoms in total. The predicted octanol–water partition coefficient (Wildman–Crippen LogP) is 5.62. The molecule has 0 aliphatic rings. The van der Waals surface area contributed by atoms with Crippen molar-refractivity contribution in [3.8, 4) is 11.5 Å². The van der Waals surface area contributed by atoms with E-state index in [0.29, 0.717) is 26.3 Å². The Bertz CT molecular complexity index is 845. The first-order chi connectivity index (χ1) is 13.2. The fourth-order valence-corrected chi connectivity index (χ4v) is 3.31. The largest absolute Gasteiger partial charge is 0.490 e. The van der Waals surface area contributed by atoms with Crippen LogP contribution in [0.1, 0.15) is 29.4 Å². The molecule has 1 aromatic heterocycles. The highest BCUT2D eigenvalue weighted by atomic mass is 79.9. The van der Waals surface area contributed by atoms with Gasteiger partial charge in [0, 0.05) is 6.54 Å². The first kappa shape index (κ1) is 19.5. The SMILES string of the molecule is CCOc1cc(CNCc2ccco2)cc(Br)c1OCc1ccc(C)cc1. The molecule has 5 heteroatoms. The molecule has 1 N–H and O–H groups in total. The predicted molar refractivity (Wildman–Crippen MR) is 110 cm³/mol. The second kappa shape index (κ2) is 9.62. The van der Waals surface area contributed by atoms with Crippen LogP contribution >= 0.6 is 15.9 Å². The second-order valence-electron chi connectivity index (χ2n) is 6.30. The van der Waals surface area contributed by atoms with Gasteiger partial charge >= 0.3 is 0 Å². The third-order valence-electron chi connectivity index (χ3n) is 4.08. The molecule has 0 bridgehead atoms. The van der Waals surface area contributed by atoms with E-state index in [0.717, 1.165) is 32.9 Å². The van der Waals surface area contributed by atoms with Gasteiger partial charge in [0.2, 0.25) is 0 Å². The summed E-state index contributed by atoms with van der Waals surface area (Å²) in [6.07, 6.45) is 1.68. The van der Waals surface area contributed by atoms with E-state index in [1.807, 2.05) is 25.1 Å². The number of ether oxygens (including phenoxy) is 2. The first-order valence-corrected chi connectivity index (χ1v) is 9.81. The number of nitrogens with one attached hydrogen (secondary N) is 1. The Morgan fingerprint density at radius 3 is 2.52 bits per heavy atom. The van der Waals surface area contributed by atoms with Gasteiger partial charge in [0.15, 0.2) is 11.5 Å². The van der Waals surface area contributed by atoms with Crippen LogP contribution in [0.15, 0.2) is 63.7 Å². The average molecular weight is 430 g/mol. The third-order valence-corrected chi connectivity index (χ3v) is 4.67. The normalized spacial score (nSPS) is 10.8. The molecule has 3 aromatic rings. The number of furan rings is 1. The van der Waals surface area contributed by atoms with E-state index in [9.17, 15) is 0 Å². The van der Waals surface area contributed by atoms with E-state index in [4.69, 9.17) is 13.9 Å². The minimum absolute atomic E-state index is 0.495. The van der Waals surface area contributed by atoms with Crippen molar-refractivity contribution in [3.63, 3.8) is 0 Å². The molecule has 0 atom stereocenters. The zero-order chi connectivity index (χ0) is 19.1. The van der Waals surface area contributed by atoms with Gasteiger partial charge in [-0.15, -0.1) is 0 Å². The molecule has 0 aliphatic carbocycles. The molecule has 142 valence electrons. The third kappa shape index (κ3) is 5.62. The van der Waals surface area contributed by atoms with Crippen molar-refractivity contribution in [3.05, 3.63) is 81.7 Å². The van der Waals surface area contributed by atoms with Crippen LogP contribution < -0.4 is 14.8 Å². The van der Waals surface area contributed by atoms with E-state index in [-0.39, 0.29) is 0 Å². The summed E-state index contributed by atoms with van der Waals surface area (Å²) in [5, 5.41) is 3.37. The number of aryl methyl sites for hydroxylation is 1. The summed E-state index contributed by atoms with van der Waals surface area (Å²) < 4.78 is 18.1. The van der Waals surface area contributed by atoms with Crippen LogP contribution in [0.3, 0.4) is 0 Å². The summed E-state index contributed by atoms with van der Waals surface area (Å²) in [6, 6.07) is 16.3. The van der Waals surface area contributed by atoms with Crippen molar-refractivity contribution in [1.82, 2.24) is 5.32 Å². The van der Waals surface area contributed by atoms with Gasteiger partial charge in [0.1, 0.15) is 12.4 Å². The van der Waals surface area contributed by atoms with Crippen LogP contribution in [-0.4, -0.2) is 6.61 Å². The molecule has 27 heavy (non-hydrogen) atoms. The molecule has 0 amide bonds. The Balaban J connectivity index is 1.68.